The maximum atomic E-state index is 13.3. The van der Waals surface area contributed by atoms with Gasteiger partial charge in [0.05, 0.1) is 11.3 Å². The number of hydrogen-bond donors (Lipinski definition) is 3. The number of benzene rings is 2. The average molecular weight is 387 g/mol. The van der Waals surface area contributed by atoms with Crippen LogP contribution in [0, 0.1) is 0 Å². The molecular formula is C16H14ClF3N4O2. The molecule has 0 aliphatic heterocycles. The van der Waals surface area contributed by atoms with E-state index in [4.69, 9.17) is 10.2 Å². The van der Waals surface area contributed by atoms with Crippen molar-refractivity contribution in [2.24, 2.45) is 5.73 Å². The van der Waals surface area contributed by atoms with Crippen molar-refractivity contribution in [1.82, 2.24) is 10.2 Å². The Labute approximate surface area is 151 Å². The molecule has 0 saturated heterocycles. The van der Waals surface area contributed by atoms with Gasteiger partial charge in [0.2, 0.25) is 5.89 Å². The molecule has 3 aromatic rings. The Morgan fingerprint density at radius 1 is 1.15 bits per heavy atom. The second-order valence-corrected chi connectivity index (χ2v) is 5.20. The van der Waals surface area contributed by atoms with Crippen molar-refractivity contribution in [3.05, 3.63) is 64.1 Å². The summed E-state index contributed by atoms with van der Waals surface area (Å²) >= 11 is 0. The van der Waals surface area contributed by atoms with Crippen LogP contribution in [-0.4, -0.2) is 10.2 Å². The fourth-order valence-electron chi connectivity index (χ4n) is 2.26. The number of nitrogens with two attached hydrogens (primary N) is 1. The Morgan fingerprint density at radius 3 is 2.38 bits per heavy atom. The van der Waals surface area contributed by atoms with E-state index < -0.39 is 17.5 Å². The van der Waals surface area contributed by atoms with Crippen LogP contribution < -0.4 is 16.8 Å². The zero-order valence-electron chi connectivity index (χ0n) is 13.1. The third-order valence-corrected chi connectivity index (χ3v) is 3.48. The third kappa shape index (κ3) is 4.24. The maximum absolute atomic E-state index is 13.3. The van der Waals surface area contributed by atoms with Gasteiger partial charge in [-0.2, -0.15) is 13.2 Å². The summed E-state index contributed by atoms with van der Waals surface area (Å²) in [5.41, 5.74) is 6.02. The van der Waals surface area contributed by atoms with Crippen molar-refractivity contribution in [2.75, 3.05) is 5.32 Å². The molecule has 0 radical (unpaired) electrons. The third-order valence-electron chi connectivity index (χ3n) is 3.48. The van der Waals surface area contributed by atoms with Crippen LogP contribution in [-0.2, 0) is 12.7 Å². The molecule has 138 valence electrons. The highest BCUT2D eigenvalue weighted by Gasteiger charge is 2.34. The summed E-state index contributed by atoms with van der Waals surface area (Å²) < 4.78 is 44.6. The molecule has 1 heterocycles. The van der Waals surface area contributed by atoms with Gasteiger partial charge in [0, 0.05) is 17.8 Å². The minimum atomic E-state index is -4.55. The first-order valence-corrected chi connectivity index (χ1v) is 7.20. The summed E-state index contributed by atoms with van der Waals surface area (Å²) in [6.45, 7) is 0.335. The molecule has 0 fully saturated rings. The standard InChI is InChI=1S/C16H13F3N4O2.ClH/c17-16(18,19)12-6-3-10(14-22-23-15(24)25-14)7-13(12)21-11-4-1-9(8-20)2-5-11;/h1-7,21H,8,20H2,(H,23,24);1H. The first kappa shape index (κ1) is 19.5. The first-order chi connectivity index (χ1) is 11.9. The smallest absolute Gasteiger partial charge is 0.388 e. The fourth-order valence-corrected chi connectivity index (χ4v) is 2.26. The summed E-state index contributed by atoms with van der Waals surface area (Å²) in [5, 5.41) is 8.42. The normalized spacial score (nSPS) is 11.1. The monoisotopic (exact) mass is 386 g/mol. The van der Waals surface area contributed by atoms with Gasteiger partial charge in [-0.3, -0.25) is 0 Å². The molecule has 0 aliphatic rings. The Balaban J connectivity index is 0.00000243. The highest BCUT2D eigenvalue weighted by molar-refractivity contribution is 5.85. The zero-order valence-corrected chi connectivity index (χ0v) is 13.9. The minimum absolute atomic E-state index is 0. The molecule has 2 aromatic carbocycles. The van der Waals surface area contributed by atoms with E-state index in [1.165, 1.54) is 12.1 Å². The van der Waals surface area contributed by atoms with Crippen molar-refractivity contribution in [3.63, 3.8) is 0 Å². The number of halogens is 4. The fraction of sp³-hybridized carbons (Fsp3) is 0.125. The number of aromatic nitrogens is 2. The van der Waals surface area contributed by atoms with Crippen molar-refractivity contribution in [3.8, 4) is 11.5 Å². The van der Waals surface area contributed by atoms with Crippen molar-refractivity contribution in [1.29, 1.82) is 0 Å². The van der Waals surface area contributed by atoms with Crippen LogP contribution in [0.3, 0.4) is 0 Å². The highest BCUT2D eigenvalue weighted by atomic mass is 35.5. The second-order valence-electron chi connectivity index (χ2n) is 5.20. The van der Waals surface area contributed by atoms with Gasteiger partial charge < -0.3 is 15.5 Å². The lowest BCUT2D eigenvalue weighted by molar-refractivity contribution is -0.136. The van der Waals surface area contributed by atoms with Gasteiger partial charge in [-0.25, -0.2) is 9.89 Å². The number of H-pyrrole nitrogens is 1. The quantitative estimate of drug-likeness (QED) is 0.635. The first-order valence-electron chi connectivity index (χ1n) is 7.20. The summed E-state index contributed by atoms with van der Waals surface area (Å²) in [7, 11) is 0. The van der Waals surface area contributed by atoms with E-state index in [0.717, 1.165) is 11.6 Å². The largest absolute Gasteiger partial charge is 0.434 e. The molecule has 0 amide bonds. The van der Waals surface area contributed by atoms with Gasteiger partial charge >= 0.3 is 11.9 Å². The van der Waals surface area contributed by atoms with E-state index in [0.29, 0.717) is 12.2 Å². The van der Waals surface area contributed by atoms with Gasteiger partial charge in [0.15, 0.2) is 0 Å². The van der Waals surface area contributed by atoms with Crippen LogP contribution in [0.4, 0.5) is 24.5 Å². The van der Waals surface area contributed by atoms with E-state index in [-0.39, 0.29) is 29.5 Å². The molecule has 0 saturated carbocycles. The molecule has 0 unspecified atom stereocenters. The number of rotatable bonds is 4. The van der Waals surface area contributed by atoms with Gasteiger partial charge in [-0.1, -0.05) is 12.1 Å². The molecule has 0 spiro atoms. The molecule has 26 heavy (non-hydrogen) atoms. The Morgan fingerprint density at radius 2 is 1.85 bits per heavy atom. The Kier molecular flexibility index (Phi) is 5.73. The number of hydrogen-bond acceptors (Lipinski definition) is 5. The predicted molar refractivity (Wildman–Crippen MR) is 92.4 cm³/mol. The average Bonchev–Trinajstić information content (AvgIpc) is 3.01. The number of nitrogens with zero attached hydrogens (tertiary/aromatic N) is 1. The van der Waals surface area contributed by atoms with Gasteiger partial charge in [-0.15, -0.1) is 17.5 Å². The molecule has 0 bridgehead atoms. The van der Waals surface area contributed by atoms with Crippen LogP contribution in [0.25, 0.3) is 11.5 Å². The molecule has 0 atom stereocenters. The summed E-state index contributed by atoms with van der Waals surface area (Å²) in [4.78, 5) is 11.0. The summed E-state index contributed by atoms with van der Waals surface area (Å²) in [5.74, 6) is -0.887. The topological polar surface area (TPSA) is 96.9 Å². The van der Waals surface area contributed by atoms with Crippen LogP contribution >= 0.6 is 12.4 Å². The molecule has 10 heteroatoms. The molecular weight excluding hydrogens is 373 g/mol. The number of anilines is 2. The zero-order chi connectivity index (χ0) is 18.0. The SMILES string of the molecule is Cl.NCc1ccc(Nc2cc(-c3n[nH]c(=O)o3)ccc2C(F)(F)F)cc1. The summed E-state index contributed by atoms with van der Waals surface area (Å²) in [6, 6.07) is 10.00. The maximum Gasteiger partial charge on any atom is 0.434 e. The molecule has 0 aliphatic carbocycles. The predicted octanol–water partition coefficient (Wildman–Crippen LogP) is 3.67. The van der Waals surface area contributed by atoms with E-state index in [2.05, 4.69) is 15.5 Å². The number of nitrogens with one attached hydrogen (secondary N) is 2. The van der Waals surface area contributed by atoms with Crippen molar-refractivity contribution >= 4 is 23.8 Å². The van der Waals surface area contributed by atoms with Gasteiger partial charge in [0.25, 0.3) is 0 Å². The lowest BCUT2D eigenvalue weighted by atomic mass is 10.1. The van der Waals surface area contributed by atoms with E-state index in [1.54, 1.807) is 24.3 Å². The van der Waals surface area contributed by atoms with E-state index in [1.807, 2.05) is 0 Å². The molecule has 4 N–H and O–H groups in total. The van der Waals surface area contributed by atoms with Crippen molar-refractivity contribution in [2.45, 2.75) is 12.7 Å². The minimum Gasteiger partial charge on any atom is -0.388 e. The van der Waals surface area contributed by atoms with Gasteiger partial charge in [0.1, 0.15) is 0 Å². The molecule has 6 nitrogen and oxygen atoms in total. The Hall–Kier alpha value is -2.78. The lowest BCUT2D eigenvalue weighted by Gasteiger charge is -2.15. The van der Waals surface area contributed by atoms with Crippen LogP contribution in [0.5, 0.6) is 0 Å². The van der Waals surface area contributed by atoms with Gasteiger partial charge in [-0.05, 0) is 35.9 Å². The highest BCUT2D eigenvalue weighted by Crippen LogP contribution is 2.38. The molecule has 1 aromatic heterocycles. The van der Waals surface area contributed by atoms with Crippen LogP contribution in [0.1, 0.15) is 11.1 Å². The second kappa shape index (κ2) is 7.63. The lowest BCUT2D eigenvalue weighted by Crippen LogP contribution is -2.09. The molecule has 3 rings (SSSR count). The van der Waals surface area contributed by atoms with Crippen LogP contribution in [0.2, 0.25) is 0 Å². The van der Waals surface area contributed by atoms with Crippen molar-refractivity contribution < 1.29 is 17.6 Å². The van der Waals surface area contributed by atoms with E-state index >= 15 is 0 Å². The van der Waals surface area contributed by atoms with E-state index in [9.17, 15) is 18.0 Å². The Bertz CT molecular complexity index is 936. The number of alkyl halides is 3. The number of aromatic amines is 1. The summed E-state index contributed by atoms with van der Waals surface area (Å²) in [6.07, 6.45) is -4.55. The van der Waals surface area contributed by atoms with Crippen LogP contribution in [0.15, 0.2) is 51.7 Å².